The van der Waals surface area contributed by atoms with Crippen LogP contribution in [-0.2, 0) is 19.1 Å². The molecule has 0 saturated carbocycles. The molecular formula is C17H16F16O4. The predicted molar refractivity (Wildman–Crippen MR) is 86.6 cm³/mol. The van der Waals surface area contributed by atoms with Gasteiger partial charge in [0.25, 0.3) is 0 Å². The van der Waals surface area contributed by atoms with Crippen LogP contribution >= 0.6 is 0 Å². The Hall–Kier alpha value is -2.18. The van der Waals surface area contributed by atoms with Gasteiger partial charge in [-0.3, -0.25) is 9.59 Å². The molecule has 4 nitrogen and oxygen atoms in total. The van der Waals surface area contributed by atoms with Gasteiger partial charge in [0.1, 0.15) is 0 Å². The monoisotopic (exact) mass is 588 g/mol. The van der Waals surface area contributed by atoms with E-state index >= 15 is 0 Å². The molecule has 0 amide bonds. The normalized spacial score (nSPS) is 14.8. The number of halogens is 16. The van der Waals surface area contributed by atoms with Crippen molar-refractivity contribution in [2.45, 2.75) is 75.1 Å². The van der Waals surface area contributed by atoms with Crippen molar-refractivity contribution in [3.05, 3.63) is 0 Å². The fraction of sp³-hybridized carbons (Fsp3) is 0.882. The molecule has 0 aliphatic rings. The van der Waals surface area contributed by atoms with Crippen molar-refractivity contribution < 1.29 is 89.3 Å². The quantitative estimate of drug-likeness (QED) is 0.137. The summed E-state index contributed by atoms with van der Waals surface area (Å²) in [6.07, 6.45) is -12.8. The number of rotatable bonds is 14. The van der Waals surface area contributed by atoms with E-state index in [1.807, 2.05) is 0 Å². The number of hydrogen-bond acceptors (Lipinski definition) is 4. The Balaban J connectivity index is 5.84. The van der Waals surface area contributed by atoms with Gasteiger partial charge in [0.2, 0.25) is 0 Å². The van der Waals surface area contributed by atoms with Crippen molar-refractivity contribution in [2.75, 3.05) is 13.2 Å². The van der Waals surface area contributed by atoms with Crippen LogP contribution in [0.1, 0.15) is 26.7 Å². The van der Waals surface area contributed by atoms with Crippen LogP contribution in [0.15, 0.2) is 0 Å². The molecule has 0 saturated heterocycles. The third-order valence-corrected chi connectivity index (χ3v) is 5.06. The summed E-state index contributed by atoms with van der Waals surface area (Å²) in [5.74, 6) is -44.3. The summed E-state index contributed by atoms with van der Waals surface area (Å²) >= 11 is 0. The number of alkyl halides is 16. The highest BCUT2D eigenvalue weighted by Crippen LogP contribution is 2.50. The smallest absolute Gasteiger partial charge is 0.381 e. The van der Waals surface area contributed by atoms with E-state index in [-0.39, 0.29) is 0 Å². The molecule has 0 aliphatic carbocycles. The van der Waals surface area contributed by atoms with Gasteiger partial charge in [0.15, 0.2) is 18.6 Å². The van der Waals surface area contributed by atoms with Crippen molar-refractivity contribution in [2.24, 2.45) is 5.41 Å². The molecule has 0 aliphatic heterocycles. The Morgan fingerprint density at radius 2 is 0.811 bits per heavy atom. The largest absolute Gasteiger partial charge is 0.458 e. The lowest BCUT2D eigenvalue weighted by Gasteiger charge is -2.34. The Labute approximate surface area is 196 Å². The summed E-state index contributed by atoms with van der Waals surface area (Å²) in [4.78, 5) is 24.2. The minimum absolute atomic E-state index is 0.765. The van der Waals surface area contributed by atoms with E-state index in [0.29, 0.717) is 0 Å². The summed E-state index contributed by atoms with van der Waals surface area (Å²) in [7, 11) is 0. The first-order valence-corrected chi connectivity index (χ1v) is 9.44. The summed E-state index contributed by atoms with van der Waals surface area (Å²) in [6.45, 7) is -4.65. The van der Waals surface area contributed by atoms with E-state index in [1.54, 1.807) is 0 Å². The number of ether oxygens (including phenoxy) is 2. The Morgan fingerprint density at radius 3 is 1.00 bits per heavy atom. The molecule has 0 unspecified atom stereocenters. The minimum Gasteiger partial charge on any atom is -0.458 e. The highest BCUT2D eigenvalue weighted by molar-refractivity contribution is 6.00. The average Bonchev–Trinajstić information content (AvgIpc) is 2.76. The third kappa shape index (κ3) is 5.96. The van der Waals surface area contributed by atoms with Gasteiger partial charge in [-0.1, -0.05) is 13.8 Å². The highest BCUT2D eigenvalue weighted by atomic mass is 19.4. The molecule has 0 aromatic rings. The molecule has 0 aromatic heterocycles. The number of esters is 2. The zero-order chi connectivity index (χ0) is 30.1. The molecule has 0 spiro atoms. The molecule has 0 fully saturated rings. The standard InChI is InChI=1S/C17H16F16O4/c1-3-11(4-2,9(34)36-5-12(22,23)16(30,31)14(26,27)7(18)19)10(35)37-6-13(24,25)17(32,33)15(28,29)8(20)21/h7-8H,3-6H2,1-2H3. The lowest BCUT2D eigenvalue weighted by Crippen LogP contribution is -2.60. The van der Waals surface area contributed by atoms with Crippen LogP contribution in [0.2, 0.25) is 0 Å². The van der Waals surface area contributed by atoms with Gasteiger partial charge in [0, 0.05) is 0 Å². The van der Waals surface area contributed by atoms with Gasteiger partial charge in [0.05, 0.1) is 0 Å². The van der Waals surface area contributed by atoms with Gasteiger partial charge < -0.3 is 9.47 Å². The van der Waals surface area contributed by atoms with E-state index in [4.69, 9.17) is 0 Å². The van der Waals surface area contributed by atoms with Gasteiger partial charge in [-0.2, -0.15) is 52.7 Å². The van der Waals surface area contributed by atoms with Crippen molar-refractivity contribution in [1.29, 1.82) is 0 Å². The van der Waals surface area contributed by atoms with Crippen molar-refractivity contribution in [1.82, 2.24) is 0 Å². The van der Waals surface area contributed by atoms with Gasteiger partial charge in [-0.15, -0.1) is 0 Å². The zero-order valence-electron chi connectivity index (χ0n) is 18.2. The third-order valence-electron chi connectivity index (χ3n) is 5.06. The van der Waals surface area contributed by atoms with Crippen molar-refractivity contribution >= 4 is 11.9 Å². The van der Waals surface area contributed by atoms with Crippen LogP contribution in [0.3, 0.4) is 0 Å². The molecular weight excluding hydrogens is 572 g/mol. The van der Waals surface area contributed by atoms with Gasteiger partial charge in [-0.25, -0.2) is 17.6 Å². The highest BCUT2D eigenvalue weighted by Gasteiger charge is 2.77. The molecule has 0 aromatic carbocycles. The summed E-state index contributed by atoms with van der Waals surface area (Å²) in [5.41, 5.74) is -3.12. The fourth-order valence-corrected chi connectivity index (χ4v) is 2.44. The van der Waals surface area contributed by atoms with E-state index in [2.05, 4.69) is 9.47 Å². The Kier molecular flexibility index (Phi) is 10.3. The number of carbonyl (C=O) groups excluding carboxylic acids is 2. The van der Waals surface area contributed by atoms with Crippen LogP contribution in [-0.4, -0.2) is 73.5 Å². The summed E-state index contributed by atoms with van der Waals surface area (Å²) in [6, 6.07) is 0. The number of hydrogen-bond donors (Lipinski definition) is 0. The van der Waals surface area contributed by atoms with Crippen LogP contribution in [0.5, 0.6) is 0 Å². The summed E-state index contributed by atoms with van der Waals surface area (Å²) < 4.78 is 214. The second-order valence-corrected chi connectivity index (χ2v) is 7.35. The maximum Gasteiger partial charge on any atom is 0.381 e. The first-order valence-electron chi connectivity index (χ1n) is 9.44. The topological polar surface area (TPSA) is 52.6 Å². The van der Waals surface area contributed by atoms with E-state index in [9.17, 15) is 79.8 Å². The van der Waals surface area contributed by atoms with E-state index < -0.39 is 91.8 Å². The van der Waals surface area contributed by atoms with E-state index in [0.717, 1.165) is 13.8 Å². The van der Waals surface area contributed by atoms with Crippen LogP contribution in [0.25, 0.3) is 0 Å². The SMILES string of the molecule is CCC(CC)(C(=O)OCC(F)(F)C(F)(F)C(F)(F)C(F)F)C(=O)OCC(F)(F)C(F)(F)C(F)(F)C(F)F. The van der Waals surface area contributed by atoms with Gasteiger partial charge in [-0.05, 0) is 12.8 Å². The molecule has 0 rings (SSSR count). The Morgan fingerprint density at radius 1 is 0.568 bits per heavy atom. The molecule has 20 heteroatoms. The maximum atomic E-state index is 13.6. The minimum atomic E-state index is -6.85. The van der Waals surface area contributed by atoms with Crippen molar-refractivity contribution in [3.63, 3.8) is 0 Å². The van der Waals surface area contributed by atoms with Gasteiger partial charge >= 0.3 is 60.3 Å². The molecule has 0 N–H and O–H groups in total. The van der Waals surface area contributed by atoms with Crippen molar-refractivity contribution in [3.8, 4) is 0 Å². The molecule has 0 radical (unpaired) electrons. The van der Waals surface area contributed by atoms with Crippen LogP contribution in [0, 0.1) is 5.41 Å². The Bertz CT molecular complexity index is 745. The van der Waals surface area contributed by atoms with E-state index in [1.165, 1.54) is 0 Å². The summed E-state index contributed by atoms with van der Waals surface area (Å²) in [5, 5.41) is 0. The first-order chi connectivity index (χ1) is 16.3. The lowest BCUT2D eigenvalue weighted by atomic mass is 9.82. The molecule has 0 bridgehead atoms. The molecule has 220 valence electrons. The molecule has 37 heavy (non-hydrogen) atoms. The predicted octanol–water partition coefficient (Wildman–Crippen LogP) is 6.22. The maximum absolute atomic E-state index is 13.6. The second-order valence-electron chi connectivity index (χ2n) is 7.35. The molecule has 0 atom stereocenters. The van der Waals surface area contributed by atoms with Crippen LogP contribution in [0.4, 0.5) is 70.2 Å². The zero-order valence-corrected chi connectivity index (χ0v) is 18.2. The first kappa shape index (κ1) is 34.8. The molecule has 0 heterocycles. The number of carbonyl (C=O) groups is 2. The lowest BCUT2D eigenvalue weighted by molar-refractivity contribution is -0.345. The fourth-order valence-electron chi connectivity index (χ4n) is 2.44. The van der Waals surface area contributed by atoms with Crippen LogP contribution < -0.4 is 0 Å². The second kappa shape index (κ2) is 10.9. The average molecular weight is 588 g/mol.